The number of esters is 2. The molecule has 0 aliphatic carbocycles. The molecule has 0 unspecified atom stereocenters. The normalized spacial score (nSPS) is 9.94. The summed E-state index contributed by atoms with van der Waals surface area (Å²) < 4.78 is 10.4. The molecule has 98 valence electrons. The van der Waals surface area contributed by atoms with E-state index in [-0.39, 0.29) is 17.7 Å². The van der Waals surface area contributed by atoms with Gasteiger partial charge in [-0.2, -0.15) is 0 Å². The third-order valence-electron chi connectivity index (χ3n) is 2.09. The van der Waals surface area contributed by atoms with Gasteiger partial charge in [-0.3, -0.25) is 4.79 Å². The maximum atomic E-state index is 11.5. The Hall–Kier alpha value is -1.07. The summed E-state index contributed by atoms with van der Waals surface area (Å²) >= 11 is 8.72. The molecular weight excluding hydrogens is 323 g/mol. The summed E-state index contributed by atoms with van der Waals surface area (Å²) in [6.45, 7) is 0. The average Bonchev–Trinajstić information content (AvgIpc) is 2.37. The van der Waals surface area contributed by atoms with Crippen LogP contribution < -0.4 is 4.74 Å². The lowest BCUT2D eigenvalue weighted by molar-refractivity contribution is -0.134. The summed E-state index contributed by atoms with van der Waals surface area (Å²) in [5.74, 6) is -0.413. The van der Waals surface area contributed by atoms with Crippen LogP contribution in [0.15, 0.2) is 22.7 Å². The second-order valence-corrected chi connectivity index (χ2v) is 4.69. The molecule has 18 heavy (non-hydrogen) atoms. The van der Waals surface area contributed by atoms with Gasteiger partial charge in [0.25, 0.3) is 0 Å². The van der Waals surface area contributed by atoms with Crippen LogP contribution in [0.4, 0.5) is 0 Å². The van der Waals surface area contributed by atoms with Crippen LogP contribution in [0.3, 0.4) is 0 Å². The lowest BCUT2D eigenvalue weighted by Gasteiger charge is -2.08. The fourth-order valence-electron chi connectivity index (χ4n) is 1.25. The van der Waals surface area contributed by atoms with Gasteiger partial charge < -0.3 is 9.47 Å². The molecule has 0 aliphatic heterocycles. The van der Waals surface area contributed by atoms with Gasteiger partial charge in [-0.15, -0.1) is 11.6 Å². The summed E-state index contributed by atoms with van der Waals surface area (Å²) in [6.07, 6.45) is 0.741. The van der Waals surface area contributed by atoms with Gasteiger partial charge in [0.2, 0.25) is 0 Å². The van der Waals surface area contributed by atoms with Crippen LogP contribution in [-0.4, -0.2) is 24.9 Å². The number of benzene rings is 1. The summed E-state index contributed by atoms with van der Waals surface area (Å²) in [4.78, 5) is 23.0. The maximum absolute atomic E-state index is 11.5. The minimum atomic E-state index is -0.559. The molecule has 1 rings (SSSR count). The molecule has 0 heterocycles. The van der Waals surface area contributed by atoms with E-state index in [4.69, 9.17) is 16.3 Å². The van der Waals surface area contributed by atoms with Crippen molar-refractivity contribution in [3.05, 3.63) is 28.2 Å². The zero-order valence-electron chi connectivity index (χ0n) is 9.74. The van der Waals surface area contributed by atoms with Gasteiger partial charge in [0.1, 0.15) is 11.3 Å². The summed E-state index contributed by atoms with van der Waals surface area (Å²) in [5, 5.41) is 0. The van der Waals surface area contributed by atoms with Crippen molar-refractivity contribution in [2.75, 3.05) is 13.0 Å². The van der Waals surface area contributed by atoms with Crippen LogP contribution in [0.5, 0.6) is 5.75 Å². The molecule has 0 spiro atoms. The quantitative estimate of drug-likeness (QED) is 0.471. The molecule has 0 saturated carbocycles. The van der Waals surface area contributed by atoms with Crippen LogP contribution in [0.1, 0.15) is 23.2 Å². The zero-order chi connectivity index (χ0) is 13.5. The van der Waals surface area contributed by atoms with Crippen molar-refractivity contribution in [3.63, 3.8) is 0 Å². The molecule has 1 aromatic carbocycles. The highest BCUT2D eigenvalue weighted by Gasteiger charge is 2.16. The largest absolute Gasteiger partial charge is 0.465 e. The molecule has 0 fully saturated rings. The van der Waals surface area contributed by atoms with Crippen molar-refractivity contribution in [3.8, 4) is 5.75 Å². The van der Waals surface area contributed by atoms with E-state index in [2.05, 4.69) is 20.7 Å². The van der Waals surface area contributed by atoms with E-state index in [0.717, 1.165) is 0 Å². The van der Waals surface area contributed by atoms with Gasteiger partial charge in [0.15, 0.2) is 0 Å². The topological polar surface area (TPSA) is 52.6 Å². The minimum Gasteiger partial charge on any atom is -0.465 e. The Morgan fingerprint density at radius 2 is 2.11 bits per heavy atom. The average molecular weight is 336 g/mol. The number of carbonyl (C=O) groups excluding carboxylic acids is 2. The van der Waals surface area contributed by atoms with E-state index >= 15 is 0 Å². The van der Waals surface area contributed by atoms with Crippen molar-refractivity contribution in [1.29, 1.82) is 0 Å². The van der Waals surface area contributed by atoms with E-state index in [1.807, 2.05) is 0 Å². The standard InChI is InChI=1S/C12H12BrClO4/c1-17-12(16)9-7-8(13)4-5-10(9)18-11(15)3-2-6-14/h4-5,7H,2-3,6H2,1H3. The number of rotatable bonds is 5. The fraction of sp³-hybridized carbons (Fsp3) is 0.333. The van der Waals surface area contributed by atoms with E-state index < -0.39 is 11.9 Å². The molecule has 0 bridgehead atoms. The smallest absolute Gasteiger partial charge is 0.341 e. The van der Waals surface area contributed by atoms with E-state index in [9.17, 15) is 9.59 Å². The van der Waals surface area contributed by atoms with Gasteiger partial charge in [-0.25, -0.2) is 4.79 Å². The van der Waals surface area contributed by atoms with Crippen molar-refractivity contribution in [2.24, 2.45) is 0 Å². The Labute approximate surface area is 118 Å². The Balaban J connectivity index is 2.87. The molecule has 0 aromatic heterocycles. The Morgan fingerprint density at radius 3 is 2.72 bits per heavy atom. The van der Waals surface area contributed by atoms with Crippen molar-refractivity contribution in [2.45, 2.75) is 12.8 Å². The summed E-state index contributed by atoms with van der Waals surface area (Å²) in [7, 11) is 1.27. The lowest BCUT2D eigenvalue weighted by Crippen LogP contribution is -2.12. The second kappa shape index (κ2) is 7.38. The Bertz CT molecular complexity index is 448. The van der Waals surface area contributed by atoms with E-state index in [1.165, 1.54) is 19.2 Å². The van der Waals surface area contributed by atoms with Crippen molar-refractivity contribution < 1.29 is 19.1 Å². The van der Waals surface area contributed by atoms with Crippen LogP contribution in [0.2, 0.25) is 0 Å². The predicted octanol–water partition coefficient (Wildman–Crippen LogP) is 3.16. The molecule has 0 amide bonds. The van der Waals surface area contributed by atoms with Gasteiger partial charge in [-0.05, 0) is 24.6 Å². The first kappa shape index (κ1) is 15.0. The van der Waals surface area contributed by atoms with E-state index in [1.54, 1.807) is 6.07 Å². The van der Waals surface area contributed by atoms with Gasteiger partial charge in [0, 0.05) is 16.8 Å². The molecule has 4 nitrogen and oxygen atoms in total. The van der Waals surface area contributed by atoms with Crippen molar-refractivity contribution in [1.82, 2.24) is 0 Å². The zero-order valence-corrected chi connectivity index (χ0v) is 12.1. The van der Waals surface area contributed by atoms with E-state index in [0.29, 0.717) is 16.8 Å². The van der Waals surface area contributed by atoms with Crippen LogP contribution in [0.25, 0.3) is 0 Å². The Kier molecular flexibility index (Phi) is 6.15. The molecule has 1 aromatic rings. The number of carbonyl (C=O) groups is 2. The van der Waals surface area contributed by atoms with Crippen LogP contribution in [-0.2, 0) is 9.53 Å². The van der Waals surface area contributed by atoms with Crippen LogP contribution >= 0.6 is 27.5 Å². The number of hydrogen-bond acceptors (Lipinski definition) is 4. The maximum Gasteiger partial charge on any atom is 0.341 e. The molecule has 0 saturated heterocycles. The molecule has 0 atom stereocenters. The Morgan fingerprint density at radius 1 is 1.39 bits per heavy atom. The first-order valence-corrected chi connectivity index (χ1v) is 6.55. The highest BCUT2D eigenvalue weighted by Crippen LogP contribution is 2.24. The summed E-state index contributed by atoms with van der Waals surface area (Å²) in [6, 6.07) is 4.75. The molecule has 0 aliphatic rings. The van der Waals surface area contributed by atoms with Gasteiger partial charge >= 0.3 is 11.9 Å². The SMILES string of the molecule is COC(=O)c1cc(Br)ccc1OC(=O)CCCCl. The second-order valence-electron chi connectivity index (χ2n) is 3.40. The lowest BCUT2D eigenvalue weighted by atomic mass is 10.2. The highest BCUT2D eigenvalue weighted by atomic mass is 79.9. The number of halogens is 2. The molecular formula is C12H12BrClO4. The highest BCUT2D eigenvalue weighted by molar-refractivity contribution is 9.10. The first-order valence-electron chi connectivity index (χ1n) is 5.23. The molecule has 0 N–H and O–H groups in total. The third-order valence-corrected chi connectivity index (χ3v) is 2.85. The number of ether oxygens (including phenoxy) is 2. The third kappa shape index (κ3) is 4.31. The first-order chi connectivity index (χ1) is 8.58. The predicted molar refractivity (Wildman–Crippen MR) is 71.1 cm³/mol. The monoisotopic (exact) mass is 334 g/mol. The minimum absolute atomic E-state index is 0.185. The number of hydrogen-bond donors (Lipinski definition) is 0. The number of methoxy groups -OCH3 is 1. The van der Waals surface area contributed by atoms with Gasteiger partial charge in [-0.1, -0.05) is 15.9 Å². The van der Waals surface area contributed by atoms with Crippen LogP contribution in [0, 0.1) is 0 Å². The van der Waals surface area contributed by atoms with Gasteiger partial charge in [0.05, 0.1) is 7.11 Å². The fourth-order valence-corrected chi connectivity index (χ4v) is 1.74. The summed E-state index contributed by atoms with van der Waals surface area (Å²) in [5.41, 5.74) is 0.200. The molecule has 0 radical (unpaired) electrons. The number of alkyl halides is 1. The van der Waals surface area contributed by atoms with Crippen molar-refractivity contribution >= 4 is 39.5 Å². The molecule has 6 heteroatoms.